The van der Waals surface area contributed by atoms with E-state index >= 15 is 0 Å². The average Bonchev–Trinajstić information content (AvgIpc) is 2.80. The van der Waals surface area contributed by atoms with Crippen molar-refractivity contribution in [2.45, 2.75) is 6.42 Å². The number of benzene rings is 1. The first-order valence-corrected chi connectivity index (χ1v) is 6.16. The number of rotatable bonds is 4. The minimum atomic E-state index is 0.664. The van der Waals surface area contributed by atoms with Crippen molar-refractivity contribution in [3.63, 3.8) is 0 Å². The summed E-state index contributed by atoms with van der Waals surface area (Å²) >= 11 is 1.78. The molecule has 1 aromatic heterocycles. The Hall–Kier alpha value is -1.38. The molecule has 0 radical (unpaired) electrons. The summed E-state index contributed by atoms with van der Waals surface area (Å²) in [6.07, 6.45) is 0.870. The van der Waals surface area contributed by atoms with Crippen molar-refractivity contribution in [1.29, 1.82) is 0 Å². The van der Waals surface area contributed by atoms with Gasteiger partial charge in [-0.05, 0) is 36.2 Å². The van der Waals surface area contributed by atoms with Crippen LogP contribution in [0.1, 0.15) is 11.3 Å². The SMILES string of the molecule is C=C(CCN)c1ccc(-c2ccccc2)s1. The van der Waals surface area contributed by atoms with Crippen LogP contribution in [-0.4, -0.2) is 6.54 Å². The molecule has 0 aliphatic heterocycles. The molecule has 1 heterocycles. The molecule has 0 bridgehead atoms. The zero-order valence-corrected chi connectivity index (χ0v) is 9.96. The number of hydrogen-bond acceptors (Lipinski definition) is 2. The summed E-state index contributed by atoms with van der Waals surface area (Å²) in [5, 5.41) is 0. The summed E-state index contributed by atoms with van der Waals surface area (Å²) in [6, 6.07) is 14.7. The van der Waals surface area contributed by atoms with Crippen LogP contribution in [0, 0.1) is 0 Å². The minimum Gasteiger partial charge on any atom is -0.330 e. The Kier molecular flexibility index (Phi) is 3.54. The Balaban J connectivity index is 2.23. The van der Waals surface area contributed by atoms with Crippen molar-refractivity contribution in [3.05, 3.63) is 53.9 Å². The molecule has 0 fully saturated rings. The quantitative estimate of drug-likeness (QED) is 0.848. The standard InChI is InChI=1S/C14H15NS/c1-11(9-10-15)13-7-8-14(16-13)12-5-3-2-4-6-12/h2-8H,1,9-10,15H2. The maximum absolute atomic E-state index is 5.53. The Morgan fingerprint density at radius 2 is 1.88 bits per heavy atom. The van der Waals surface area contributed by atoms with Crippen molar-refractivity contribution in [2.24, 2.45) is 5.73 Å². The first kappa shape index (κ1) is 11.1. The van der Waals surface area contributed by atoms with E-state index in [0.29, 0.717) is 6.54 Å². The van der Waals surface area contributed by atoms with Crippen LogP contribution in [0.3, 0.4) is 0 Å². The molecule has 0 aliphatic rings. The Morgan fingerprint density at radius 1 is 1.12 bits per heavy atom. The molecule has 0 saturated carbocycles. The molecule has 82 valence electrons. The van der Waals surface area contributed by atoms with Crippen LogP contribution in [0.25, 0.3) is 16.0 Å². The first-order chi connectivity index (χ1) is 7.81. The zero-order chi connectivity index (χ0) is 11.4. The third kappa shape index (κ3) is 2.40. The summed E-state index contributed by atoms with van der Waals surface area (Å²) in [5.41, 5.74) is 7.93. The number of thiophene rings is 1. The van der Waals surface area contributed by atoms with Crippen LogP contribution < -0.4 is 5.73 Å². The van der Waals surface area contributed by atoms with Gasteiger partial charge in [-0.2, -0.15) is 0 Å². The second kappa shape index (κ2) is 5.10. The molecule has 1 aromatic carbocycles. The van der Waals surface area contributed by atoms with Gasteiger partial charge in [0, 0.05) is 9.75 Å². The lowest BCUT2D eigenvalue weighted by Gasteiger charge is -1.99. The smallest absolute Gasteiger partial charge is 0.0349 e. The second-order valence-corrected chi connectivity index (χ2v) is 4.76. The fourth-order valence-corrected chi connectivity index (χ4v) is 2.59. The number of hydrogen-bond donors (Lipinski definition) is 1. The fourth-order valence-electron chi connectivity index (χ4n) is 1.58. The summed E-state index contributed by atoms with van der Waals surface area (Å²) in [5.74, 6) is 0. The van der Waals surface area contributed by atoms with Crippen molar-refractivity contribution in [2.75, 3.05) is 6.54 Å². The van der Waals surface area contributed by atoms with Gasteiger partial charge in [0.05, 0.1) is 0 Å². The van der Waals surface area contributed by atoms with Gasteiger partial charge in [0.1, 0.15) is 0 Å². The van der Waals surface area contributed by atoms with Crippen LogP contribution in [0.5, 0.6) is 0 Å². The molecule has 0 unspecified atom stereocenters. The highest BCUT2D eigenvalue weighted by molar-refractivity contribution is 7.16. The summed E-state index contributed by atoms with van der Waals surface area (Å²) in [6.45, 7) is 4.72. The Labute approximate surface area is 100 Å². The van der Waals surface area contributed by atoms with Gasteiger partial charge in [-0.15, -0.1) is 11.3 Å². The lowest BCUT2D eigenvalue weighted by molar-refractivity contribution is 1.03. The van der Waals surface area contributed by atoms with Crippen LogP contribution in [0.2, 0.25) is 0 Å². The van der Waals surface area contributed by atoms with Crippen molar-refractivity contribution in [1.82, 2.24) is 0 Å². The van der Waals surface area contributed by atoms with Gasteiger partial charge in [-0.3, -0.25) is 0 Å². The minimum absolute atomic E-state index is 0.664. The summed E-state index contributed by atoms with van der Waals surface area (Å²) in [4.78, 5) is 2.53. The van der Waals surface area contributed by atoms with E-state index in [1.807, 2.05) is 6.07 Å². The Morgan fingerprint density at radius 3 is 2.56 bits per heavy atom. The summed E-state index contributed by atoms with van der Waals surface area (Å²) < 4.78 is 0. The average molecular weight is 229 g/mol. The highest BCUT2D eigenvalue weighted by Crippen LogP contribution is 2.31. The molecule has 0 atom stereocenters. The van der Waals surface area contributed by atoms with Crippen LogP contribution >= 0.6 is 11.3 Å². The van der Waals surface area contributed by atoms with Gasteiger partial charge in [-0.25, -0.2) is 0 Å². The second-order valence-electron chi connectivity index (χ2n) is 3.67. The molecule has 2 rings (SSSR count). The molecule has 2 aromatic rings. The van der Waals surface area contributed by atoms with Crippen molar-refractivity contribution < 1.29 is 0 Å². The van der Waals surface area contributed by atoms with E-state index in [4.69, 9.17) is 5.73 Å². The molecule has 16 heavy (non-hydrogen) atoms. The van der Waals surface area contributed by atoms with Gasteiger partial charge in [0.15, 0.2) is 0 Å². The molecule has 2 N–H and O–H groups in total. The molecule has 0 spiro atoms. The highest BCUT2D eigenvalue weighted by atomic mass is 32.1. The first-order valence-electron chi connectivity index (χ1n) is 5.34. The monoisotopic (exact) mass is 229 g/mol. The van der Waals surface area contributed by atoms with Crippen molar-refractivity contribution >= 4 is 16.9 Å². The van der Waals surface area contributed by atoms with E-state index in [1.54, 1.807) is 11.3 Å². The molecule has 0 saturated heterocycles. The predicted molar refractivity (Wildman–Crippen MR) is 72.5 cm³/mol. The highest BCUT2D eigenvalue weighted by Gasteiger charge is 2.04. The van der Waals surface area contributed by atoms with Gasteiger partial charge in [0.2, 0.25) is 0 Å². The number of nitrogens with two attached hydrogens (primary N) is 1. The van der Waals surface area contributed by atoms with Crippen LogP contribution in [0.15, 0.2) is 49.0 Å². The summed E-state index contributed by atoms with van der Waals surface area (Å²) in [7, 11) is 0. The van der Waals surface area contributed by atoms with E-state index in [1.165, 1.54) is 15.3 Å². The normalized spacial score (nSPS) is 10.3. The third-order valence-electron chi connectivity index (χ3n) is 2.46. The largest absolute Gasteiger partial charge is 0.330 e. The molecule has 0 amide bonds. The van der Waals surface area contributed by atoms with E-state index in [2.05, 4.69) is 43.0 Å². The topological polar surface area (TPSA) is 26.0 Å². The van der Waals surface area contributed by atoms with E-state index in [9.17, 15) is 0 Å². The lowest BCUT2D eigenvalue weighted by Crippen LogP contribution is -1.98. The third-order valence-corrected chi connectivity index (χ3v) is 3.70. The van der Waals surface area contributed by atoms with Gasteiger partial charge in [-0.1, -0.05) is 36.9 Å². The lowest BCUT2D eigenvalue weighted by atomic mass is 10.1. The fraction of sp³-hybridized carbons (Fsp3) is 0.143. The van der Waals surface area contributed by atoms with Crippen LogP contribution in [0.4, 0.5) is 0 Å². The maximum Gasteiger partial charge on any atom is 0.0349 e. The van der Waals surface area contributed by atoms with Gasteiger partial charge >= 0.3 is 0 Å². The molecular formula is C14H15NS. The van der Waals surface area contributed by atoms with Crippen molar-refractivity contribution in [3.8, 4) is 10.4 Å². The predicted octanol–water partition coefficient (Wildman–Crippen LogP) is 3.78. The van der Waals surface area contributed by atoms with E-state index < -0.39 is 0 Å². The van der Waals surface area contributed by atoms with E-state index in [0.717, 1.165) is 12.0 Å². The van der Waals surface area contributed by atoms with Gasteiger partial charge < -0.3 is 5.73 Å². The van der Waals surface area contributed by atoms with Gasteiger partial charge in [0.25, 0.3) is 0 Å². The Bertz CT molecular complexity index is 470. The maximum atomic E-state index is 5.53. The van der Waals surface area contributed by atoms with Crippen LogP contribution in [-0.2, 0) is 0 Å². The molecule has 1 nitrogen and oxygen atoms in total. The zero-order valence-electron chi connectivity index (χ0n) is 9.15. The molecule has 2 heteroatoms. The molecule has 0 aliphatic carbocycles. The molecular weight excluding hydrogens is 214 g/mol. The van der Waals surface area contributed by atoms with E-state index in [-0.39, 0.29) is 0 Å².